The van der Waals surface area contributed by atoms with Crippen LogP contribution in [0.1, 0.15) is 22.9 Å². The highest BCUT2D eigenvalue weighted by atomic mass is 35.5. The topological polar surface area (TPSA) is 104 Å². The van der Waals surface area contributed by atoms with E-state index in [4.69, 9.17) is 16.3 Å². The molecular formula is C22H22ClN5O4. The number of ether oxygens (including phenoxy) is 1. The van der Waals surface area contributed by atoms with E-state index in [-0.39, 0.29) is 17.8 Å². The number of carbonyl (C=O) groups is 1. The monoisotopic (exact) mass is 455 g/mol. The number of hydrogen-bond donors (Lipinski definition) is 1. The molecule has 0 aliphatic rings. The van der Waals surface area contributed by atoms with Gasteiger partial charge in [-0.15, -0.1) is 0 Å². The number of pyridine rings is 1. The van der Waals surface area contributed by atoms with Crippen molar-refractivity contribution in [2.24, 2.45) is 14.1 Å². The molecule has 4 aromatic rings. The van der Waals surface area contributed by atoms with Gasteiger partial charge in [-0.2, -0.15) is 5.10 Å². The molecule has 0 aliphatic heterocycles. The summed E-state index contributed by atoms with van der Waals surface area (Å²) >= 11 is 6.07. The molecule has 9 nitrogen and oxygen atoms in total. The van der Waals surface area contributed by atoms with Crippen LogP contribution in [0, 0.1) is 6.92 Å². The molecule has 0 radical (unpaired) electrons. The van der Waals surface area contributed by atoms with Gasteiger partial charge < -0.3 is 9.84 Å². The minimum absolute atomic E-state index is 0.273. The van der Waals surface area contributed by atoms with E-state index in [0.717, 1.165) is 5.56 Å². The lowest BCUT2D eigenvalue weighted by molar-refractivity contribution is -0.150. The molecule has 0 saturated heterocycles. The Morgan fingerprint density at radius 1 is 1.25 bits per heavy atom. The molecule has 10 heteroatoms. The van der Waals surface area contributed by atoms with Crippen LogP contribution in [0.2, 0.25) is 5.02 Å². The quantitative estimate of drug-likeness (QED) is 0.463. The van der Waals surface area contributed by atoms with E-state index in [1.165, 1.54) is 11.7 Å². The van der Waals surface area contributed by atoms with Crippen LogP contribution in [0.4, 0.5) is 0 Å². The van der Waals surface area contributed by atoms with Gasteiger partial charge in [0.2, 0.25) is 0 Å². The second-order valence-corrected chi connectivity index (χ2v) is 7.98. The fourth-order valence-electron chi connectivity index (χ4n) is 3.92. The molecule has 0 saturated carbocycles. The van der Waals surface area contributed by atoms with Gasteiger partial charge in [0.15, 0.2) is 11.8 Å². The second-order valence-electron chi connectivity index (χ2n) is 7.54. The van der Waals surface area contributed by atoms with Crippen molar-refractivity contribution >= 4 is 28.7 Å². The molecule has 0 spiro atoms. The van der Waals surface area contributed by atoms with Gasteiger partial charge in [0.25, 0.3) is 0 Å². The van der Waals surface area contributed by atoms with Crippen molar-refractivity contribution in [2.75, 3.05) is 7.11 Å². The summed E-state index contributed by atoms with van der Waals surface area (Å²) in [6, 6.07) is 6.95. The summed E-state index contributed by atoms with van der Waals surface area (Å²) < 4.78 is 9.44. The van der Waals surface area contributed by atoms with Crippen molar-refractivity contribution < 1.29 is 14.6 Å². The predicted molar refractivity (Wildman–Crippen MR) is 119 cm³/mol. The van der Waals surface area contributed by atoms with Gasteiger partial charge in [-0.1, -0.05) is 23.7 Å². The molecule has 3 heterocycles. The lowest BCUT2D eigenvalue weighted by Crippen LogP contribution is -2.22. The Kier molecular flexibility index (Phi) is 5.62. The van der Waals surface area contributed by atoms with Crippen molar-refractivity contribution in [3.63, 3.8) is 0 Å². The first-order valence-electron chi connectivity index (χ1n) is 9.82. The molecular weight excluding hydrogens is 434 g/mol. The highest BCUT2D eigenvalue weighted by Crippen LogP contribution is 2.37. The Balaban J connectivity index is 2.07. The van der Waals surface area contributed by atoms with E-state index in [2.05, 4.69) is 10.1 Å². The minimum atomic E-state index is -1.57. The van der Waals surface area contributed by atoms with Crippen LogP contribution in [0.25, 0.3) is 22.3 Å². The number of esters is 1. The Bertz CT molecular complexity index is 1380. The van der Waals surface area contributed by atoms with E-state index >= 15 is 0 Å². The number of halogens is 1. The number of benzene rings is 1. The molecule has 1 atom stereocenters. The summed E-state index contributed by atoms with van der Waals surface area (Å²) in [6.45, 7) is 1.96. The van der Waals surface area contributed by atoms with Crippen molar-refractivity contribution in [3.8, 4) is 11.1 Å². The lowest BCUT2D eigenvalue weighted by atomic mass is 9.94. The van der Waals surface area contributed by atoms with E-state index in [0.29, 0.717) is 33.0 Å². The number of nitrogens with zero attached hydrogens (tertiary/aromatic N) is 5. The number of hydrogen-bond acceptors (Lipinski definition) is 6. The molecule has 32 heavy (non-hydrogen) atoms. The first-order valence-corrected chi connectivity index (χ1v) is 10.2. The van der Waals surface area contributed by atoms with Crippen molar-refractivity contribution in [2.45, 2.75) is 19.6 Å². The number of methoxy groups -OCH3 is 1. The number of imidazole rings is 1. The number of aliphatic hydroxyl groups excluding tert-OH is 1. The number of rotatable bonds is 5. The number of aromatic nitrogens is 5. The normalized spacial score (nSPS) is 12.3. The number of aliphatic hydroxyl groups is 1. The molecule has 0 aliphatic carbocycles. The summed E-state index contributed by atoms with van der Waals surface area (Å²) in [5, 5.41) is 15.5. The van der Waals surface area contributed by atoms with Crippen LogP contribution >= 0.6 is 11.6 Å². The molecule has 0 bridgehead atoms. The average Bonchev–Trinajstić information content (AvgIpc) is 3.28. The molecule has 0 amide bonds. The smallest absolute Gasteiger partial charge is 0.339 e. The minimum Gasteiger partial charge on any atom is -0.467 e. The fraction of sp³-hybridized carbons (Fsp3) is 0.273. The Labute approximate surface area is 188 Å². The van der Waals surface area contributed by atoms with Crippen LogP contribution in [0.15, 0.2) is 41.5 Å². The fourth-order valence-corrected chi connectivity index (χ4v) is 4.04. The summed E-state index contributed by atoms with van der Waals surface area (Å²) in [4.78, 5) is 30.1. The van der Waals surface area contributed by atoms with Gasteiger partial charge in [0.1, 0.15) is 0 Å². The van der Waals surface area contributed by atoms with Crippen LogP contribution in [0.5, 0.6) is 0 Å². The van der Waals surface area contributed by atoms with Gasteiger partial charge in [-0.05, 0) is 24.6 Å². The zero-order valence-electron chi connectivity index (χ0n) is 18.0. The van der Waals surface area contributed by atoms with Crippen molar-refractivity contribution in [1.82, 2.24) is 23.9 Å². The van der Waals surface area contributed by atoms with E-state index < -0.39 is 12.1 Å². The van der Waals surface area contributed by atoms with Gasteiger partial charge in [0.05, 0.1) is 25.4 Å². The maximum absolute atomic E-state index is 13.2. The molecule has 1 aromatic carbocycles. The summed E-state index contributed by atoms with van der Waals surface area (Å²) in [6.07, 6.45) is 1.95. The highest BCUT2D eigenvalue weighted by molar-refractivity contribution is 6.30. The van der Waals surface area contributed by atoms with Crippen LogP contribution in [0.3, 0.4) is 0 Å². The van der Waals surface area contributed by atoms with E-state index in [1.807, 2.05) is 6.20 Å². The van der Waals surface area contributed by atoms with E-state index in [9.17, 15) is 14.7 Å². The zero-order valence-corrected chi connectivity index (χ0v) is 18.8. The highest BCUT2D eigenvalue weighted by Gasteiger charge is 2.29. The van der Waals surface area contributed by atoms with Gasteiger partial charge >= 0.3 is 11.7 Å². The first kappa shape index (κ1) is 21.8. The average molecular weight is 456 g/mol. The summed E-state index contributed by atoms with van der Waals surface area (Å²) in [5.41, 5.74) is 3.37. The third kappa shape index (κ3) is 3.59. The van der Waals surface area contributed by atoms with Crippen LogP contribution < -0.4 is 5.69 Å². The van der Waals surface area contributed by atoms with Crippen LogP contribution in [-0.4, -0.2) is 42.1 Å². The summed E-state index contributed by atoms with van der Waals surface area (Å²) in [7, 11) is 4.64. The first-order chi connectivity index (χ1) is 15.2. The Morgan fingerprint density at radius 3 is 2.53 bits per heavy atom. The maximum atomic E-state index is 13.2. The molecule has 4 rings (SSSR count). The van der Waals surface area contributed by atoms with Gasteiger partial charge in [0, 0.05) is 47.7 Å². The standard InChI is InChI=1S/C22H22ClN5O4/c1-12-16(19(29)21(30)32-4)17(14-5-7-15(23)8-6-14)18-20(25-12)28(22(31)27(18)3)11-13-9-24-26(2)10-13/h5-10,19,29H,11H2,1-4H3/t19-/m0/s1. The SMILES string of the molecule is COC(=O)[C@@H](O)c1c(C)nc2c(c1-c1ccc(Cl)cc1)n(C)c(=O)n2Cc1cnn(C)c1. The number of fused-ring (bicyclic) bond motifs is 1. The molecule has 0 fully saturated rings. The number of carbonyl (C=O) groups excluding carboxylic acids is 1. The van der Waals surface area contributed by atoms with Gasteiger partial charge in [-0.25, -0.2) is 14.6 Å². The van der Waals surface area contributed by atoms with Crippen LogP contribution in [-0.2, 0) is 30.2 Å². The lowest BCUT2D eigenvalue weighted by Gasteiger charge is -2.18. The Hall–Kier alpha value is -3.43. The van der Waals surface area contributed by atoms with Crippen molar-refractivity contribution in [3.05, 3.63) is 69.0 Å². The van der Waals surface area contributed by atoms with Gasteiger partial charge in [-0.3, -0.25) is 13.8 Å². The van der Waals surface area contributed by atoms with E-state index in [1.54, 1.807) is 60.7 Å². The molecule has 166 valence electrons. The zero-order chi connectivity index (χ0) is 23.2. The number of aryl methyl sites for hydroxylation is 3. The summed E-state index contributed by atoms with van der Waals surface area (Å²) in [5.74, 6) is -0.816. The maximum Gasteiger partial charge on any atom is 0.339 e. The largest absolute Gasteiger partial charge is 0.467 e. The Morgan fingerprint density at radius 2 is 1.94 bits per heavy atom. The third-order valence-corrected chi connectivity index (χ3v) is 5.67. The molecule has 0 unspecified atom stereocenters. The molecule has 3 aromatic heterocycles. The third-order valence-electron chi connectivity index (χ3n) is 5.42. The predicted octanol–water partition coefficient (Wildman–Crippen LogP) is 2.35. The van der Waals surface area contributed by atoms with Crippen molar-refractivity contribution in [1.29, 1.82) is 0 Å². The second kappa shape index (κ2) is 8.25. The molecule has 1 N–H and O–H groups in total.